The highest BCUT2D eigenvalue weighted by Gasteiger charge is 2.29. The topological polar surface area (TPSA) is 105 Å². The van der Waals surface area contributed by atoms with Crippen molar-refractivity contribution in [3.8, 4) is 11.1 Å². The van der Waals surface area contributed by atoms with Crippen LogP contribution < -0.4 is 10.6 Å². The molecule has 0 saturated carbocycles. The minimum atomic E-state index is -0.801. The van der Waals surface area contributed by atoms with Crippen LogP contribution in [0.2, 0.25) is 0 Å². The summed E-state index contributed by atoms with van der Waals surface area (Å²) in [7, 11) is 0. The van der Waals surface area contributed by atoms with E-state index in [9.17, 15) is 14.4 Å². The summed E-state index contributed by atoms with van der Waals surface area (Å²) in [6, 6.07) is 16.4. The number of hydrogen-bond donors (Lipinski definition) is 3. The number of rotatable bonds is 13. The minimum absolute atomic E-state index is 0.0281. The van der Waals surface area contributed by atoms with E-state index in [4.69, 9.17) is 9.84 Å². The van der Waals surface area contributed by atoms with E-state index in [0.717, 1.165) is 6.42 Å². The van der Waals surface area contributed by atoms with E-state index in [1.54, 1.807) is 0 Å². The number of benzene rings is 2. The van der Waals surface area contributed by atoms with Gasteiger partial charge in [-0.2, -0.15) is 11.8 Å². The molecule has 0 spiro atoms. The van der Waals surface area contributed by atoms with Gasteiger partial charge in [-0.05, 0) is 40.5 Å². The Morgan fingerprint density at radius 2 is 1.57 bits per heavy atom. The van der Waals surface area contributed by atoms with Crippen molar-refractivity contribution in [2.24, 2.45) is 5.41 Å². The fourth-order valence-corrected chi connectivity index (χ4v) is 4.88. The van der Waals surface area contributed by atoms with Crippen LogP contribution in [0.1, 0.15) is 50.2 Å². The second-order valence-corrected chi connectivity index (χ2v) is 10.6. The molecule has 0 unspecified atom stereocenters. The van der Waals surface area contributed by atoms with Gasteiger partial charge < -0.3 is 20.5 Å². The summed E-state index contributed by atoms with van der Waals surface area (Å²) in [5.41, 5.74) is 4.60. The second-order valence-electron chi connectivity index (χ2n) is 9.46. The van der Waals surface area contributed by atoms with Crippen molar-refractivity contribution in [1.29, 1.82) is 0 Å². The third-order valence-corrected chi connectivity index (χ3v) is 7.19. The van der Waals surface area contributed by atoms with Crippen molar-refractivity contribution in [1.82, 2.24) is 10.6 Å². The zero-order valence-corrected chi connectivity index (χ0v) is 21.2. The summed E-state index contributed by atoms with van der Waals surface area (Å²) in [5.74, 6) is 0.0691. The number of hydrogen-bond acceptors (Lipinski definition) is 5. The summed E-state index contributed by atoms with van der Waals surface area (Å²) in [6.07, 6.45) is 0.975. The molecule has 3 rings (SSSR count). The molecule has 0 saturated heterocycles. The fourth-order valence-electron chi connectivity index (χ4n) is 4.20. The van der Waals surface area contributed by atoms with Crippen molar-refractivity contribution < 1.29 is 24.2 Å². The lowest BCUT2D eigenvalue weighted by molar-refractivity contribution is -0.137. The fraction of sp³-hybridized carbons (Fsp3) is 0.444. The van der Waals surface area contributed by atoms with Crippen LogP contribution >= 0.6 is 11.8 Å². The average Bonchev–Trinajstić information content (AvgIpc) is 3.15. The number of fused-ring (bicyclic) bond motifs is 3. The molecule has 0 radical (unpaired) electrons. The Morgan fingerprint density at radius 1 is 0.943 bits per heavy atom. The van der Waals surface area contributed by atoms with Gasteiger partial charge in [0.15, 0.2) is 0 Å². The lowest BCUT2D eigenvalue weighted by Crippen LogP contribution is -2.31. The van der Waals surface area contributed by atoms with E-state index in [2.05, 4.69) is 34.9 Å². The number of ether oxygens (including phenoxy) is 1. The number of amides is 2. The van der Waals surface area contributed by atoms with Crippen molar-refractivity contribution in [2.45, 2.75) is 39.0 Å². The van der Waals surface area contributed by atoms with Crippen LogP contribution in [-0.2, 0) is 14.3 Å². The highest BCUT2D eigenvalue weighted by atomic mass is 32.2. The Balaban J connectivity index is 1.29. The van der Waals surface area contributed by atoms with Crippen LogP contribution in [0.5, 0.6) is 0 Å². The number of alkyl carbamates (subject to hydrolysis) is 1. The van der Waals surface area contributed by atoms with Gasteiger partial charge in [0.05, 0.1) is 5.75 Å². The van der Waals surface area contributed by atoms with E-state index in [1.165, 1.54) is 34.0 Å². The minimum Gasteiger partial charge on any atom is -0.481 e. The van der Waals surface area contributed by atoms with Gasteiger partial charge in [-0.1, -0.05) is 62.4 Å². The third-order valence-electron chi connectivity index (χ3n) is 6.23. The molecule has 3 N–H and O–H groups in total. The second kappa shape index (κ2) is 12.6. The van der Waals surface area contributed by atoms with E-state index in [1.807, 2.05) is 38.1 Å². The van der Waals surface area contributed by atoms with Gasteiger partial charge in [0.1, 0.15) is 6.61 Å². The van der Waals surface area contributed by atoms with Crippen LogP contribution in [0.15, 0.2) is 48.5 Å². The average molecular weight is 499 g/mol. The van der Waals surface area contributed by atoms with E-state index >= 15 is 0 Å². The van der Waals surface area contributed by atoms with E-state index in [-0.39, 0.29) is 30.3 Å². The molecule has 2 aromatic rings. The molecule has 8 heteroatoms. The number of nitrogens with one attached hydrogen (secondary N) is 2. The molecule has 188 valence electrons. The quantitative estimate of drug-likeness (QED) is 0.347. The van der Waals surface area contributed by atoms with Crippen LogP contribution in [0.25, 0.3) is 11.1 Å². The molecule has 0 aliphatic heterocycles. The molecule has 1 aliphatic rings. The monoisotopic (exact) mass is 498 g/mol. The maximum absolute atomic E-state index is 12.2. The molecule has 35 heavy (non-hydrogen) atoms. The maximum atomic E-state index is 12.2. The molecule has 1 aliphatic carbocycles. The highest BCUT2D eigenvalue weighted by molar-refractivity contribution is 7.99. The first-order valence-corrected chi connectivity index (χ1v) is 13.1. The molecule has 2 aromatic carbocycles. The summed E-state index contributed by atoms with van der Waals surface area (Å²) in [5, 5.41) is 14.4. The Kier molecular flexibility index (Phi) is 9.60. The van der Waals surface area contributed by atoms with Crippen LogP contribution in [-0.4, -0.2) is 54.3 Å². The highest BCUT2D eigenvalue weighted by Crippen LogP contribution is 2.44. The summed E-state index contributed by atoms with van der Waals surface area (Å²) in [4.78, 5) is 34.9. The van der Waals surface area contributed by atoms with Crippen molar-refractivity contribution >= 4 is 29.7 Å². The smallest absolute Gasteiger partial charge is 0.407 e. The lowest BCUT2D eigenvalue weighted by atomic mass is 9.84. The van der Waals surface area contributed by atoms with Crippen LogP contribution in [0, 0.1) is 5.41 Å². The molecule has 7 nitrogen and oxygen atoms in total. The van der Waals surface area contributed by atoms with Gasteiger partial charge in [-0.15, -0.1) is 0 Å². The number of carboxylic acids is 1. The molecular formula is C27H34N2O5S. The number of thioether (sulfide) groups is 1. The van der Waals surface area contributed by atoms with E-state index < -0.39 is 12.1 Å². The van der Waals surface area contributed by atoms with Gasteiger partial charge in [0.2, 0.25) is 5.91 Å². The zero-order valence-electron chi connectivity index (χ0n) is 20.3. The first kappa shape index (κ1) is 26.6. The lowest BCUT2D eigenvalue weighted by Gasteiger charge is -2.23. The molecule has 0 bridgehead atoms. The van der Waals surface area contributed by atoms with E-state index in [0.29, 0.717) is 31.0 Å². The normalized spacial score (nSPS) is 12.5. The van der Waals surface area contributed by atoms with Crippen molar-refractivity contribution in [3.63, 3.8) is 0 Å². The number of carbonyl (C=O) groups excluding carboxylic acids is 2. The third kappa shape index (κ3) is 8.02. The Morgan fingerprint density at radius 3 is 2.20 bits per heavy atom. The maximum Gasteiger partial charge on any atom is 0.407 e. The molecule has 0 heterocycles. The standard InChI is InChI=1S/C27H34N2O5S/c1-27(2,12-11-25(31)32)13-14-28-24(30)18-35-16-15-29-26(33)34-17-23-21-9-5-3-7-19(21)20-8-4-6-10-22(20)23/h3-10,23H,11-18H2,1-2H3,(H,28,30)(H,29,33)(H,31,32). The molecule has 0 atom stereocenters. The van der Waals surface area contributed by atoms with Crippen molar-refractivity contribution in [2.75, 3.05) is 31.2 Å². The first-order chi connectivity index (χ1) is 16.8. The molecular weight excluding hydrogens is 464 g/mol. The van der Waals surface area contributed by atoms with Gasteiger partial charge >= 0.3 is 12.1 Å². The van der Waals surface area contributed by atoms with Gasteiger partial charge in [-0.3, -0.25) is 9.59 Å². The molecule has 0 fully saturated rings. The zero-order chi connectivity index (χ0) is 25.3. The Labute approximate surface area is 211 Å². The van der Waals surface area contributed by atoms with Gasteiger partial charge in [0, 0.05) is 31.2 Å². The van der Waals surface area contributed by atoms with Crippen LogP contribution in [0.3, 0.4) is 0 Å². The Bertz CT molecular complexity index is 994. The van der Waals surface area contributed by atoms with Gasteiger partial charge in [-0.25, -0.2) is 4.79 Å². The predicted octanol–water partition coefficient (Wildman–Crippen LogP) is 4.66. The SMILES string of the molecule is CC(C)(CCNC(=O)CSCCNC(=O)OCC1c2ccccc2-c2ccccc21)CCC(=O)O. The van der Waals surface area contributed by atoms with Crippen molar-refractivity contribution in [3.05, 3.63) is 59.7 Å². The molecule has 2 amide bonds. The summed E-state index contributed by atoms with van der Waals surface area (Å²) < 4.78 is 5.51. The summed E-state index contributed by atoms with van der Waals surface area (Å²) >= 11 is 1.44. The number of aliphatic carboxylic acids is 1. The largest absolute Gasteiger partial charge is 0.481 e. The van der Waals surface area contributed by atoms with Gasteiger partial charge in [0.25, 0.3) is 0 Å². The number of carboxylic acid groups (broad SMARTS) is 1. The van der Waals surface area contributed by atoms with Crippen LogP contribution in [0.4, 0.5) is 4.79 Å². The predicted molar refractivity (Wildman–Crippen MR) is 139 cm³/mol. The first-order valence-electron chi connectivity index (χ1n) is 11.9. The molecule has 0 aromatic heterocycles. The summed E-state index contributed by atoms with van der Waals surface area (Å²) in [6.45, 7) is 5.22. The Hall–Kier alpha value is -3.00. The number of carbonyl (C=O) groups is 3.